The van der Waals surface area contributed by atoms with Crippen LogP contribution >= 0.6 is 0 Å². The van der Waals surface area contributed by atoms with E-state index in [1.54, 1.807) is 0 Å². The van der Waals surface area contributed by atoms with Crippen molar-refractivity contribution in [1.82, 2.24) is 9.62 Å². The molecule has 118 valence electrons. The third-order valence-electron chi connectivity index (χ3n) is 5.18. The maximum absolute atomic E-state index is 12.2. The maximum atomic E-state index is 12.2. The van der Waals surface area contributed by atoms with Gasteiger partial charge in [0.15, 0.2) is 0 Å². The molecule has 1 N–H and O–H groups in total. The quantitative estimate of drug-likeness (QED) is 0.898. The van der Waals surface area contributed by atoms with E-state index in [1.165, 1.54) is 15.4 Å². The summed E-state index contributed by atoms with van der Waals surface area (Å²) >= 11 is 0. The Labute approximate surface area is 130 Å². The van der Waals surface area contributed by atoms with Crippen LogP contribution in [0.1, 0.15) is 29.9 Å². The van der Waals surface area contributed by atoms with Gasteiger partial charge < -0.3 is 5.32 Å². The third-order valence-corrected chi connectivity index (χ3v) is 7.08. The van der Waals surface area contributed by atoms with E-state index in [2.05, 4.69) is 29.6 Å². The van der Waals surface area contributed by atoms with Crippen LogP contribution in [0.3, 0.4) is 0 Å². The van der Waals surface area contributed by atoms with Gasteiger partial charge in [0.05, 0.1) is 12.3 Å². The van der Waals surface area contributed by atoms with Gasteiger partial charge in [0.2, 0.25) is 15.9 Å². The molecule has 1 amide bonds. The molecule has 5 nitrogen and oxygen atoms in total. The molecule has 6 heteroatoms. The number of hydrogen-bond acceptors (Lipinski definition) is 3. The first-order chi connectivity index (χ1) is 10.6. The molecule has 1 heterocycles. The van der Waals surface area contributed by atoms with Crippen LogP contribution in [0.2, 0.25) is 0 Å². The standard InChI is InChI=1S/C16H20N2O3S/c19-14(10-18-8-3-9-22(18,20)21)17-16-13-7-6-11-4-1-2-5-12(11)15(13)16/h1-2,4-5,13,15-16H,3,6-10H2,(H,17,19)/t13-,15+,16+/m0/s1. The average molecular weight is 320 g/mol. The van der Waals surface area contributed by atoms with Crippen molar-refractivity contribution in [3.05, 3.63) is 35.4 Å². The number of nitrogens with zero attached hydrogens (tertiary/aromatic N) is 1. The van der Waals surface area contributed by atoms with Crippen molar-refractivity contribution in [2.24, 2.45) is 5.92 Å². The fourth-order valence-electron chi connectivity index (χ4n) is 4.02. The number of carbonyl (C=O) groups excluding carboxylic acids is 1. The number of amides is 1. The Bertz CT molecular complexity index is 716. The summed E-state index contributed by atoms with van der Waals surface area (Å²) in [6.07, 6.45) is 2.80. The maximum Gasteiger partial charge on any atom is 0.235 e. The molecule has 0 unspecified atom stereocenters. The van der Waals surface area contributed by atoms with Crippen LogP contribution in [-0.4, -0.2) is 43.5 Å². The number of aryl methyl sites for hydroxylation is 1. The summed E-state index contributed by atoms with van der Waals surface area (Å²) in [5.41, 5.74) is 2.75. The van der Waals surface area contributed by atoms with Crippen LogP contribution in [0.15, 0.2) is 24.3 Å². The van der Waals surface area contributed by atoms with Crippen LogP contribution in [-0.2, 0) is 21.2 Å². The number of fused-ring (bicyclic) bond motifs is 3. The van der Waals surface area contributed by atoms with E-state index in [0.717, 1.165) is 12.8 Å². The van der Waals surface area contributed by atoms with Gasteiger partial charge in [0.1, 0.15) is 0 Å². The van der Waals surface area contributed by atoms with Gasteiger partial charge in [0.25, 0.3) is 0 Å². The molecule has 1 aliphatic heterocycles. The number of rotatable bonds is 3. The lowest BCUT2D eigenvalue weighted by atomic mass is 9.92. The van der Waals surface area contributed by atoms with Crippen molar-refractivity contribution >= 4 is 15.9 Å². The zero-order valence-corrected chi connectivity index (χ0v) is 13.2. The zero-order valence-electron chi connectivity index (χ0n) is 12.4. The van der Waals surface area contributed by atoms with Crippen LogP contribution in [0, 0.1) is 5.92 Å². The molecule has 1 saturated carbocycles. The molecular formula is C16H20N2O3S. The summed E-state index contributed by atoms with van der Waals surface area (Å²) < 4.78 is 24.8. The normalized spacial score (nSPS) is 32.1. The summed E-state index contributed by atoms with van der Waals surface area (Å²) in [5.74, 6) is 0.947. The lowest BCUT2D eigenvalue weighted by Gasteiger charge is -2.14. The van der Waals surface area contributed by atoms with Gasteiger partial charge in [-0.2, -0.15) is 4.31 Å². The van der Waals surface area contributed by atoms with Gasteiger partial charge in [-0.05, 0) is 36.3 Å². The van der Waals surface area contributed by atoms with Crippen molar-refractivity contribution in [3.8, 4) is 0 Å². The minimum Gasteiger partial charge on any atom is -0.351 e. The molecule has 4 rings (SSSR count). The van der Waals surface area contributed by atoms with E-state index >= 15 is 0 Å². The van der Waals surface area contributed by atoms with Crippen LogP contribution < -0.4 is 5.32 Å². The largest absolute Gasteiger partial charge is 0.351 e. The highest BCUT2D eigenvalue weighted by Gasteiger charge is 2.53. The number of carbonyl (C=O) groups is 1. The molecule has 0 bridgehead atoms. The first kappa shape index (κ1) is 14.2. The van der Waals surface area contributed by atoms with E-state index in [4.69, 9.17) is 0 Å². The Morgan fingerprint density at radius 3 is 2.91 bits per heavy atom. The monoisotopic (exact) mass is 320 g/mol. The minimum absolute atomic E-state index is 0.0279. The first-order valence-corrected chi connectivity index (χ1v) is 9.52. The second-order valence-electron chi connectivity index (χ2n) is 6.52. The van der Waals surface area contributed by atoms with E-state index in [0.29, 0.717) is 24.8 Å². The van der Waals surface area contributed by atoms with E-state index in [1.807, 2.05) is 0 Å². The Kier molecular flexibility index (Phi) is 3.27. The van der Waals surface area contributed by atoms with Crippen LogP contribution in [0.4, 0.5) is 0 Å². The van der Waals surface area contributed by atoms with Crippen molar-refractivity contribution in [3.63, 3.8) is 0 Å². The summed E-state index contributed by atoms with van der Waals surface area (Å²) in [6.45, 7) is 0.441. The number of nitrogens with one attached hydrogen (secondary N) is 1. The van der Waals surface area contributed by atoms with Gasteiger partial charge in [-0.3, -0.25) is 4.79 Å². The average Bonchev–Trinajstić information content (AvgIpc) is 3.09. The molecule has 22 heavy (non-hydrogen) atoms. The Morgan fingerprint density at radius 1 is 1.32 bits per heavy atom. The molecule has 1 saturated heterocycles. The molecule has 3 atom stereocenters. The van der Waals surface area contributed by atoms with E-state index in [-0.39, 0.29) is 24.2 Å². The molecule has 0 radical (unpaired) electrons. The summed E-state index contributed by atoms with van der Waals surface area (Å²) in [5, 5.41) is 3.06. The Hall–Kier alpha value is -1.40. The van der Waals surface area contributed by atoms with Crippen molar-refractivity contribution in [1.29, 1.82) is 0 Å². The van der Waals surface area contributed by atoms with Crippen molar-refractivity contribution in [2.45, 2.75) is 31.2 Å². The van der Waals surface area contributed by atoms with Gasteiger partial charge in [0, 0.05) is 18.5 Å². The second-order valence-corrected chi connectivity index (χ2v) is 8.61. The fraction of sp³-hybridized carbons (Fsp3) is 0.562. The highest BCUT2D eigenvalue weighted by molar-refractivity contribution is 7.89. The SMILES string of the molecule is O=C(CN1CCCS1(=O)=O)N[C@@H]1[C@H]2CCc3ccccc3[C@H]21. The van der Waals surface area contributed by atoms with Crippen molar-refractivity contribution in [2.75, 3.05) is 18.8 Å². The van der Waals surface area contributed by atoms with Crippen LogP contribution in [0.25, 0.3) is 0 Å². The molecule has 2 aliphatic carbocycles. The fourth-order valence-corrected chi connectivity index (χ4v) is 5.50. The molecule has 0 spiro atoms. The van der Waals surface area contributed by atoms with E-state index in [9.17, 15) is 13.2 Å². The zero-order chi connectivity index (χ0) is 15.3. The molecule has 3 aliphatic rings. The van der Waals surface area contributed by atoms with Gasteiger partial charge >= 0.3 is 0 Å². The molecule has 1 aromatic rings. The van der Waals surface area contributed by atoms with E-state index < -0.39 is 10.0 Å². The Morgan fingerprint density at radius 2 is 2.14 bits per heavy atom. The highest BCUT2D eigenvalue weighted by Crippen LogP contribution is 2.54. The van der Waals surface area contributed by atoms with Gasteiger partial charge in [-0.25, -0.2) is 8.42 Å². The van der Waals surface area contributed by atoms with Crippen molar-refractivity contribution < 1.29 is 13.2 Å². The number of hydrogen-bond donors (Lipinski definition) is 1. The molecule has 1 aromatic carbocycles. The first-order valence-electron chi connectivity index (χ1n) is 7.91. The summed E-state index contributed by atoms with van der Waals surface area (Å²) in [6, 6.07) is 8.62. The smallest absolute Gasteiger partial charge is 0.235 e. The topological polar surface area (TPSA) is 66.5 Å². The summed E-state index contributed by atoms with van der Waals surface area (Å²) in [7, 11) is -3.20. The number of sulfonamides is 1. The summed E-state index contributed by atoms with van der Waals surface area (Å²) in [4.78, 5) is 12.2. The predicted molar refractivity (Wildman–Crippen MR) is 82.9 cm³/mol. The minimum atomic E-state index is -3.20. The lowest BCUT2D eigenvalue weighted by Crippen LogP contribution is -2.39. The highest BCUT2D eigenvalue weighted by atomic mass is 32.2. The lowest BCUT2D eigenvalue weighted by molar-refractivity contribution is -0.121. The molecule has 2 fully saturated rings. The molecular weight excluding hydrogens is 300 g/mol. The second kappa shape index (κ2) is 5.06. The van der Waals surface area contributed by atoms with Crippen LogP contribution in [0.5, 0.6) is 0 Å². The van der Waals surface area contributed by atoms with Gasteiger partial charge in [-0.15, -0.1) is 0 Å². The Balaban J connectivity index is 1.41. The number of benzene rings is 1. The third kappa shape index (κ3) is 2.34. The van der Waals surface area contributed by atoms with Gasteiger partial charge in [-0.1, -0.05) is 24.3 Å². The predicted octanol–water partition coefficient (Wildman–Crippen LogP) is 0.867. The molecule has 0 aromatic heterocycles.